The molecule has 3 amide bonds. The van der Waals surface area contributed by atoms with Gasteiger partial charge in [0.2, 0.25) is 11.8 Å². The van der Waals surface area contributed by atoms with E-state index >= 15 is 0 Å². The van der Waals surface area contributed by atoms with Gasteiger partial charge in [0.25, 0.3) is 5.91 Å². The highest BCUT2D eigenvalue weighted by molar-refractivity contribution is 6.05. The van der Waals surface area contributed by atoms with Crippen molar-refractivity contribution in [2.45, 2.75) is 31.8 Å². The molecule has 1 unspecified atom stereocenters. The summed E-state index contributed by atoms with van der Waals surface area (Å²) in [4.78, 5) is 37.8. The van der Waals surface area contributed by atoms with E-state index < -0.39 is 6.04 Å². The van der Waals surface area contributed by atoms with Crippen LogP contribution < -0.4 is 10.6 Å². The molecule has 2 saturated heterocycles. The first-order chi connectivity index (χ1) is 12.1. The van der Waals surface area contributed by atoms with Crippen molar-refractivity contribution in [3.05, 3.63) is 34.9 Å². The average molecular weight is 337 g/mol. The molecular formula is C19H19N3O3. The van der Waals surface area contributed by atoms with Crippen LogP contribution in [0.15, 0.2) is 18.2 Å². The molecule has 6 nitrogen and oxygen atoms in total. The van der Waals surface area contributed by atoms with Crippen LogP contribution in [0.4, 0.5) is 0 Å². The topological polar surface area (TPSA) is 78.5 Å². The monoisotopic (exact) mass is 337 g/mol. The quantitative estimate of drug-likeness (QED) is 0.575. The molecule has 2 atom stereocenters. The zero-order valence-electron chi connectivity index (χ0n) is 13.8. The summed E-state index contributed by atoms with van der Waals surface area (Å²) >= 11 is 0. The number of rotatable bonds is 1. The fourth-order valence-corrected chi connectivity index (χ4v) is 3.66. The van der Waals surface area contributed by atoms with Crippen LogP contribution in [0, 0.1) is 17.8 Å². The summed E-state index contributed by atoms with van der Waals surface area (Å²) in [7, 11) is 0. The second kappa shape index (κ2) is 6.34. The van der Waals surface area contributed by atoms with E-state index in [1.54, 1.807) is 11.0 Å². The normalized spacial score (nSPS) is 25.4. The standard InChI is InChI=1S/C19H19N3O3/c23-17-7-6-16(18(24)21-17)22-11-15-13(2-1-3-14(15)19(22)25)5-4-12-8-9-20-10-12/h1-3,12,16,20H,6-11H2,(H,21,23,24)/t12-,16?/m1/s1. The Morgan fingerprint density at radius 2 is 2.04 bits per heavy atom. The molecule has 0 spiro atoms. The fourth-order valence-electron chi connectivity index (χ4n) is 3.66. The van der Waals surface area contributed by atoms with Crippen LogP contribution in [-0.2, 0) is 16.1 Å². The molecule has 0 saturated carbocycles. The van der Waals surface area contributed by atoms with Gasteiger partial charge in [-0.25, -0.2) is 0 Å². The molecule has 1 aromatic carbocycles. The second-order valence-electron chi connectivity index (χ2n) is 6.69. The number of carbonyl (C=O) groups excluding carboxylic acids is 3. The lowest BCUT2D eigenvalue weighted by molar-refractivity contribution is -0.136. The van der Waals surface area contributed by atoms with Crippen molar-refractivity contribution >= 4 is 17.7 Å². The molecule has 0 aromatic heterocycles. The molecule has 3 heterocycles. The molecule has 0 bridgehead atoms. The smallest absolute Gasteiger partial charge is 0.255 e. The summed E-state index contributed by atoms with van der Waals surface area (Å²) < 4.78 is 0. The second-order valence-corrected chi connectivity index (χ2v) is 6.69. The van der Waals surface area contributed by atoms with Gasteiger partial charge in [-0.15, -0.1) is 0 Å². The molecule has 25 heavy (non-hydrogen) atoms. The maximum absolute atomic E-state index is 12.7. The van der Waals surface area contributed by atoms with Crippen LogP contribution in [0.3, 0.4) is 0 Å². The molecule has 4 rings (SSSR count). The predicted molar refractivity (Wildman–Crippen MR) is 90.3 cm³/mol. The van der Waals surface area contributed by atoms with Crippen LogP contribution in [0.1, 0.15) is 40.7 Å². The molecule has 3 aliphatic heterocycles. The van der Waals surface area contributed by atoms with Gasteiger partial charge in [-0.1, -0.05) is 17.9 Å². The SMILES string of the molecule is O=C1CCC(N2Cc3c(C#C[C@@H]4CCNC4)cccc3C2=O)C(=O)N1. The first-order valence-corrected chi connectivity index (χ1v) is 8.62. The zero-order chi connectivity index (χ0) is 17.4. The largest absolute Gasteiger partial charge is 0.322 e. The third-order valence-electron chi connectivity index (χ3n) is 5.05. The van der Waals surface area contributed by atoms with Crippen molar-refractivity contribution in [2.75, 3.05) is 13.1 Å². The Kier molecular flexibility index (Phi) is 4.02. The van der Waals surface area contributed by atoms with Gasteiger partial charge in [0.1, 0.15) is 6.04 Å². The minimum Gasteiger partial charge on any atom is -0.322 e. The highest BCUT2D eigenvalue weighted by Crippen LogP contribution is 2.29. The third kappa shape index (κ3) is 2.92. The highest BCUT2D eigenvalue weighted by Gasteiger charge is 2.39. The van der Waals surface area contributed by atoms with Gasteiger partial charge in [-0.3, -0.25) is 19.7 Å². The van der Waals surface area contributed by atoms with Crippen molar-refractivity contribution in [1.82, 2.24) is 15.5 Å². The van der Waals surface area contributed by atoms with Crippen molar-refractivity contribution in [3.8, 4) is 11.8 Å². The van der Waals surface area contributed by atoms with Gasteiger partial charge in [-0.2, -0.15) is 0 Å². The molecular weight excluding hydrogens is 318 g/mol. The maximum atomic E-state index is 12.7. The maximum Gasteiger partial charge on any atom is 0.255 e. The Labute approximate surface area is 146 Å². The van der Waals surface area contributed by atoms with Gasteiger partial charge in [0, 0.05) is 36.6 Å². The molecule has 3 aliphatic rings. The number of hydrogen-bond acceptors (Lipinski definition) is 4. The third-order valence-corrected chi connectivity index (χ3v) is 5.05. The van der Waals surface area contributed by atoms with E-state index in [0.29, 0.717) is 24.4 Å². The number of amides is 3. The number of fused-ring (bicyclic) bond motifs is 1. The Balaban J connectivity index is 1.59. The van der Waals surface area contributed by atoms with Crippen LogP contribution in [0.2, 0.25) is 0 Å². The van der Waals surface area contributed by atoms with Crippen molar-refractivity contribution < 1.29 is 14.4 Å². The highest BCUT2D eigenvalue weighted by atomic mass is 16.2. The molecule has 0 radical (unpaired) electrons. The fraction of sp³-hybridized carbons (Fsp3) is 0.421. The molecule has 128 valence electrons. The Morgan fingerprint density at radius 1 is 1.16 bits per heavy atom. The summed E-state index contributed by atoms with van der Waals surface area (Å²) in [5.74, 6) is 6.04. The lowest BCUT2D eigenvalue weighted by atomic mass is 10.0. The van der Waals surface area contributed by atoms with Crippen LogP contribution >= 0.6 is 0 Å². The molecule has 2 fully saturated rings. The van der Waals surface area contributed by atoms with Crippen LogP contribution in [0.25, 0.3) is 0 Å². The van der Waals surface area contributed by atoms with Gasteiger partial charge in [0.05, 0.1) is 0 Å². The predicted octanol–water partition coefficient (Wildman–Crippen LogP) is 0.409. The molecule has 2 N–H and O–H groups in total. The zero-order valence-corrected chi connectivity index (χ0v) is 13.8. The van der Waals surface area contributed by atoms with E-state index in [4.69, 9.17) is 0 Å². The van der Waals surface area contributed by atoms with E-state index in [1.807, 2.05) is 12.1 Å². The number of nitrogens with one attached hydrogen (secondary N) is 2. The van der Waals surface area contributed by atoms with Gasteiger partial charge >= 0.3 is 0 Å². The van der Waals surface area contributed by atoms with E-state index in [9.17, 15) is 14.4 Å². The summed E-state index contributed by atoms with van der Waals surface area (Å²) in [6.45, 7) is 2.27. The lowest BCUT2D eigenvalue weighted by Gasteiger charge is -2.29. The van der Waals surface area contributed by atoms with E-state index in [1.165, 1.54) is 0 Å². The number of carbonyl (C=O) groups is 3. The Hall–Kier alpha value is -2.65. The van der Waals surface area contributed by atoms with Crippen molar-refractivity contribution in [1.29, 1.82) is 0 Å². The molecule has 6 heteroatoms. The Bertz CT molecular complexity index is 815. The van der Waals surface area contributed by atoms with Crippen LogP contribution in [0.5, 0.6) is 0 Å². The minimum absolute atomic E-state index is 0.157. The first kappa shape index (κ1) is 15.9. The number of imide groups is 1. The lowest BCUT2D eigenvalue weighted by Crippen LogP contribution is -2.52. The number of nitrogens with zero attached hydrogens (tertiary/aromatic N) is 1. The number of hydrogen-bond donors (Lipinski definition) is 2. The summed E-state index contributed by atoms with van der Waals surface area (Å²) in [5.41, 5.74) is 2.35. The van der Waals surface area contributed by atoms with Crippen molar-refractivity contribution in [2.24, 2.45) is 5.92 Å². The van der Waals surface area contributed by atoms with Gasteiger partial charge in [0.15, 0.2) is 0 Å². The van der Waals surface area contributed by atoms with Crippen LogP contribution in [-0.4, -0.2) is 41.8 Å². The number of piperidine rings is 1. The summed E-state index contributed by atoms with van der Waals surface area (Å²) in [6, 6.07) is 4.96. The molecule has 1 aromatic rings. The molecule has 0 aliphatic carbocycles. The minimum atomic E-state index is -0.586. The first-order valence-electron chi connectivity index (χ1n) is 8.62. The van der Waals surface area contributed by atoms with E-state index in [2.05, 4.69) is 22.5 Å². The van der Waals surface area contributed by atoms with Crippen molar-refractivity contribution in [3.63, 3.8) is 0 Å². The Morgan fingerprint density at radius 3 is 2.80 bits per heavy atom. The average Bonchev–Trinajstić information content (AvgIpc) is 3.22. The van der Waals surface area contributed by atoms with Gasteiger partial charge in [-0.05, 0) is 37.1 Å². The van der Waals surface area contributed by atoms with E-state index in [0.717, 1.165) is 30.6 Å². The number of benzene rings is 1. The van der Waals surface area contributed by atoms with Gasteiger partial charge < -0.3 is 10.2 Å². The van der Waals surface area contributed by atoms with E-state index in [-0.39, 0.29) is 24.1 Å². The summed E-state index contributed by atoms with van der Waals surface area (Å²) in [5, 5.41) is 5.61. The summed E-state index contributed by atoms with van der Waals surface area (Å²) in [6.07, 6.45) is 1.68.